The van der Waals surface area contributed by atoms with E-state index in [9.17, 15) is 0 Å². The molecule has 0 saturated heterocycles. The normalized spacial score (nSPS) is 15.8. The van der Waals surface area contributed by atoms with Gasteiger partial charge in [0.15, 0.2) is 0 Å². The van der Waals surface area contributed by atoms with Crippen molar-refractivity contribution >= 4 is 5.69 Å². The van der Waals surface area contributed by atoms with Gasteiger partial charge in [0.1, 0.15) is 11.5 Å². The van der Waals surface area contributed by atoms with E-state index in [1.807, 2.05) is 12.1 Å². The second kappa shape index (κ2) is 7.97. The van der Waals surface area contributed by atoms with E-state index in [4.69, 9.17) is 9.47 Å². The summed E-state index contributed by atoms with van der Waals surface area (Å²) in [7, 11) is 3.44. The molecule has 0 bridgehead atoms. The summed E-state index contributed by atoms with van der Waals surface area (Å²) in [4.78, 5) is 2.50. The van der Waals surface area contributed by atoms with Crippen LogP contribution in [0.1, 0.15) is 35.2 Å². The van der Waals surface area contributed by atoms with Gasteiger partial charge in [0.05, 0.1) is 20.3 Å². The Morgan fingerprint density at radius 2 is 1.54 bits per heavy atom. The summed E-state index contributed by atoms with van der Waals surface area (Å²) in [6, 6.07) is 24.1. The minimum absolute atomic E-state index is 0.189. The smallest absolute Gasteiger partial charge is 0.119 e. The van der Waals surface area contributed by atoms with Crippen LogP contribution in [0.3, 0.4) is 0 Å². The van der Waals surface area contributed by atoms with Crippen molar-refractivity contribution in [3.8, 4) is 11.5 Å². The van der Waals surface area contributed by atoms with Crippen molar-refractivity contribution < 1.29 is 9.47 Å². The molecule has 1 unspecified atom stereocenters. The van der Waals surface area contributed by atoms with E-state index in [-0.39, 0.29) is 6.04 Å². The minimum Gasteiger partial charge on any atom is -0.497 e. The van der Waals surface area contributed by atoms with Gasteiger partial charge in [0, 0.05) is 12.2 Å². The number of ether oxygens (including phenoxy) is 2. The first kappa shape index (κ1) is 18.4. The zero-order valence-corrected chi connectivity index (χ0v) is 16.8. The maximum Gasteiger partial charge on any atom is 0.119 e. The summed E-state index contributed by atoms with van der Waals surface area (Å²) in [5.74, 6) is 1.81. The predicted molar refractivity (Wildman–Crippen MR) is 115 cm³/mol. The molecule has 1 aliphatic rings. The van der Waals surface area contributed by atoms with Gasteiger partial charge in [-0.1, -0.05) is 37.3 Å². The van der Waals surface area contributed by atoms with Crippen molar-refractivity contribution in [2.24, 2.45) is 0 Å². The van der Waals surface area contributed by atoms with E-state index >= 15 is 0 Å². The van der Waals surface area contributed by atoms with Gasteiger partial charge in [0.25, 0.3) is 0 Å². The standard InChI is InChI=1S/C25H27NO2/c1-4-18-5-7-19(8-6-18)25-24-14-13-23(28-3)17-20(24)15-16-26(25)21-9-11-22(27-2)12-10-21/h5-14,17,25H,4,15-16H2,1-3H3. The number of hydrogen-bond donors (Lipinski definition) is 0. The molecule has 0 spiro atoms. The second-order valence-corrected chi connectivity index (χ2v) is 7.20. The van der Waals surface area contributed by atoms with Crippen LogP contribution >= 0.6 is 0 Å². The average molecular weight is 373 g/mol. The first-order chi connectivity index (χ1) is 13.7. The van der Waals surface area contributed by atoms with Gasteiger partial charge in [-0.15, -0.1) is 0 Å². The lowest BCUT2D eigenvalue weighted by atomic mass is 9.87. The fraction of sp³-hybridized carbons (Fsp3) is 0.280. The third kappa shape index (κ3) is 3.45. The zero-order valence-electron chi connectivity index (χ0n) is 16.8. The molecule has 28 heavy (non-hydrogen) atoms. The lowest BCUT2D eigenvalue weighted by Crippen LogP contribution is -2.36. The molecule has 1 aliphatic heterocycles. The van der Waals surface area contributed by atoms with Crippen LogP contribution in [0.25, 0.3) is 0 Å². The number of fused-ring (bicyclic) bond motifs is 1. The van der Waals surface area contributed by atoms with Crippen molar-refractivity contribution in [1.82, 2.24) is 0 Å². The second-order valence-electron chi connectivity index (χ2n) is 7.20. The average Bonchev–Trinajstić information content (AvgIpc) is 2.78. The van der Waals surface area contributed by atoms with Crippen molar-refractivity contribution in [2.45, 2.75) is 25.8 Å². The highest BCUT2D eigenvalue weighted by Crippen LogP contribution is 2.39. The van der Waals surface area contributed by atoms with Crippen LogP contribution in [0.4, 0.5) is 5.69 Å². The highest BCUT2D eigenvalue weighted by molar-refractivity contribution is 5.58. The molecule has 1 heterocycles. The molecular formula is C25H27NO2. The Morgan fingerprint density at radius 1 is 0.857 bits per heavy atom. The molecule has 3 aromatic carbocycles. The number of nitrogens with zero attached hydrogens (tertiary/aromatic N) is 1. The van der Waals surface area contributed by atoms with Gasteiger partial charge in [-0.2, -0.15) is 0 Å². The Kier molecular flexibility index (Phi) is 5.25. The number of benzene rings is 3. The van der Waals surface area contributed by atoms with E-state index in [2.05, 4.69) is 66.4 Å². The molecular weight excluding hydrogens is 346 g/mol. The van der Waals surface area contributed by atoms with Crippen LogP contribution in [0.5, 0.6) is 11.5 Å². The fourth-order valence-corrected chi connectivity index (χ4v) is 4.08. The Morgan fingerprint density at radius 3 is 2.18 bits per heavy atom. The van der Waals surface area contributed by atoms with Crippen LogP contribution in [-0.2, 0) is 12.8 Å². The molecule has 0 amide bonds. The summed E-state index contributed by atoms with van der Waals surface area (Å²) in [5, 5.41) is 0. The Bertz CT molecular complexity index is 932. The summed E-state index contributed by atoms with van der Waals surface area (Å²) >= 11 is 0. The topological polar surface area (TPSA) is 21.7 Å². The first-order valence-corrected chi connectivity index (χ1v) is 9.90. The number of aryl methyl sites for hydroxylation is 1. The van der Waals surface area contributed by atoms with Gasteiger partial charge in [-0.25, -0.2) is 0 Å². The van der Waals surface area contributed by atoms with E-state index in [1.165, 1.54) is 27.9 Å². The van der Waals surface area contributed by atoms with Crippen LogP contribution in [0.2, 0.25) is 0 Å². The lowest BCUT2D eigenvalue weighted by molar-refractivity contribution is 0.413. The quantitative estimate of drug-likeness (QED) is 0.596. The van der Waals surface area contributed by atoms with E-state index in [0.717, 1.165) is 30.9 Å². The number of anilines is 1. The first-order valence-electron chi connectivity index (χ1n) is 9.90. The zero-order chi connectivity index (χ0) is 19.5. The van der Waals surface area contributed by atoms with Gasteiger partial charge in [-0.05, 0) is 71.5 Å². The van der Waals surface area contributed by atoms with E-state index < -0.39 is 0 Å². The molecule has 144 valence electrons. The summed E-state index contributed by atoms with van der Waals surface area (Å²) in [6.45, 7) is 3.16. The van der Waals surface area contributed by atoms with Crippen molar-refractivity contribution in [3.63, 3.8) is 0 Å². The molecule has 0 radical (unpaired) electrons. The SMILES string of the molecule is CCc1ccc(C2c3ccc(OC)cc3CCN2c2ccc(OC)cc2)cc1. The Hall–Kier alpha value is -2.94. The van der Waals surface area contributed by atoms with Crippen LogP contribution < -0.4 is 14.4 Å². The maximum atomic E-state index is 5.46. The lowest BCUT2D eigenvalue weighted by Gasteiger charge is -2.39. The third-order valence-electron chi connectivity index (χ3n) is 5.69. The number of methoxy groups -OCH3 is 2. The van der Waals surface area contributed by atoms with Crippen LogP contribution in [0, 0.1) is 0 Å². The van der Waals surface area contributed by atoms with Crippen LogP contribution in [-0.4, -0.2) is 20.8 Å². The Balaban J connectivity index is 1.79. The molecule has 0 aromatic heterocycles. The highest BCUT2D eigenvalue weighted by atomic mass is 16.5. The highest BCUT2D eigenvalue weighted by Gasteiger charge is 2.29. The molecule has 0 fully saturated rings. The van der Waals surface area contributed by atoms with Gasteiger partial charge < -0.3 is 14.4 Å². The van der Waals surface area contributed by atoms with E-state index in [0.29, 0.717) is 0 Å². The molecule has 3 heteroatoms. The minimum atomic E-state index is 0.189. The van der Waals surface area contributed by atoms with E-state index in [1.54, 1.807) is 14.2 Å². The number of hydrogen-bond acceptors (Lipinski definition) is 3. The summed E-state index contributed by atoms with van der Waals surface area (Å²) < 4.78 is 10.8. The van der Waals surface area contributed by atoms with Crippen molar-refractivity contribution in [2.75, 3.05) is 25.7 Å². The summed E-state index contributed by atoms with van der Waals surface area (Å²) in [5.41, 5.74) is 6.62. The van der Waals surface area contributed by atoms with Gasteiger partial charge in [-0.3, -0.25) is 0 Å². The fourth-order valence-electron chi connectivity index (χ4n) is 4.08. The van der Waals surface area contributed by atoms with Crippen LogP contribution in [0.15, 0.2) is 66.7 Å². The molecule has 1 atom stereocenters. The molecule has 3 aromatic rings. The third-order valence-corrected chi connectivity index (χ3v) is 5.69. The van der Waals surface area contributed by atoms with Crippen molar-refractivity contribution in [1.29, 1.82) is 0 Å². The van der Waals surface area contributed by atoms with Gasteiger partial charge in [0.2, 0.25) is 0 Å². The van der Waals surface area contributed by atoms with Crippen molar-refractivity contribution in [3.05, 3.63) is 89.0 Å². The van der Waals surface area contributed by atoms with Gasteiger partial charge >= 0.3 is 0 Å². The Labute approximate surface area is 167 Å². The largest absolute Gasteiger partial charge is 0.497 e. The molecule has 0 saturated carbocycles. The molecule has 3 nitrogen and oxygen atoms in total. The number of rotatable bonds is 5. The molecule has 0 N–H and O–H groups in total. The summed E-state index contributed by atoms with van der Waals surface area (Å²) in [6.07, 6.45) is 2.06. The predicted octanol–water partition coefficient (Wildman–Crippen LogP) is 5.42. The maximum absolute atomic E-state index is 5.46. The molecule has 0 aliphatic carbocycles. The monoisotopic (exact) mass is 373 g/mol. The molecule has 4 rings (SSSR count).